The number of carbonyl (C=O) groups is 3. The highest BCUT2D eigenvalue weighted by Crippen LogP contribution is 2.35. The molecule has 0 spiro atoms. The van der Waals surface area contributed by atoms with Crippen LogP contribution in [0.2, 0.25) is 0 Å². The molecule has 5 nitrogen and oxygen atoms in total. The van der Waals surface area contributed by atoms with Crippen molar-refractivity contribution in [2.24, 2.45) is 0 Å². The van der Waals surface area contributed by atoms with Gasteiger partial charge in [0.05, 0.1) is 12.0 Å². The monoisotopic (exact) mass is 375 g/mol. The highest BCUT2D eigenvalue weighted by atomic mass is 79.9. The Bertz CT molecular complexity index is 610. The second-order valence-corrected chi connectivity index (χ2v) is 6.77. The van der Waals surface area contributed by atoms with Crippen molar-refractivity contribution in [3.8, 4) is 0 Å². The van der Waals surface area contributed by atoms with E-state index in [4.69, 9.17) is 0 Å². The van der Waals surface area contributed by atoms with E-state index in [1.807, 2.05) is 11.4 Å². The molecule has 0 N–H and O–H groups in total. The van der Waals surface area contributed by atoms with Crippen molar-refractivity contribution in [2.75, 3.05) is 7.11 Å². The summed E-state index contributed by atoms with van der Waals surface area (Å²) in [7, 11) is 1.22. The molecule has 2 heterocycles. The summed E-state index contributed by atoms with van der Waals surface area (Å²) < 4.78 is 5.47. The molecule has 106 valence electrons. The van der Waals surface area contributed by atoms with Gasteiger partial charge in [0, 0.05) is 14.7 Å². The van der Waals surface area contributed by atoms with Gasteiger partial charge in [0.1, 0.15) is 6.04 Å². The molecule has 0 saturated carbocycles. The zero-order valence-corrected chi connectivity index (χ0v) is 13.8. The quantitative estimate of drug-likeness (QED) is 0.599. The number of esters is 1. The van der Waals surface area contributed by atoms with Crippen LogP contribution < -0.4 is 0 Å². The molecule has 0 radical (unpaired) electrons. The SMILES string of the molecule is COC(=O)[C@@H](C)N1C(=O)S/C(=C/c2cc(Br)cs2)C1=O. The number of amides is 2. The molecule has 1 fully saturated rings. The summed E-state index contributed by atoms with van der Waals surface area (Å²) in [6, 6.07) is 0.927. The first-order chi connectivity index (χ1) is 9.43. The number of rotatable bonds is 3. The third-order valence-corrected chi connectivity index (χ3v) is 5.14. The Hall–Kier alpha value is -1.12. The minimum Gasteiger partial charge on any atom is -0.467 e. The smallest absolute Gasteiger partial charge is 0.328 e. The van der Waals surface area contributed by atoms with Crippen LogP contribution in [-0.4, -0.2) is 35.2 Å². The van der Waals surface area contributed by atoms with Gasteiger partial charge in [0.25, 0.3) is 11.1 Å². The highest BCUT2D eigenvalue weighted by molar-refractivity contribution is 9.10. The summed E-state index contributed by atoms with van der Waals surface area (Å²) in [5.74, 6) is -1.09. The topological polar surface area (TPSA) is 63.7 Å². The summed E-state index contributed by atoms with van der Waals surface area (Å²) in [4.78, 5) is 37.6. The Morgan fingerprint density at radius 1 is 1.50 bits per heavy atom. The molecule has 2 amide bonds. The molecule has 8 heteroatoms. The van der Waals surface area contributed by atoms with Crippen LogP contribution in [0.3, 0.4) is 0 Å². The number of hydrogen-bond acceptors (Lipinski definition) is 6. The van der Waals surface area contributed by atoms with Crippen LogP contribution in [0.1, 0.15) is 11.8 Å². The number of methoxy groups -OCH3 is 1. The minimum absolute atomic E-state index is 0.306. The lowest BCUT2D eigenvalue weighted by Gasteiger charge is -2.18. The normalized spacial score (nSPS) is 18.8. The number of hydrogen-bond donors (Lipinski definition) is 0. The molecule has 1 aliphatic heterocycles. The van der Waals surface area contributed by atoms with E-state index in [0.717, 1.165) is 26.0 Å². The second-order valence-electron chi connectivity index (χ2n) is 3.92. The highest BCUT2D eigenvalue weighted by Gasteiger charge is 2.41. The molecular weight excluding hydrogens is 366 g/mol. The number of thioether (sulfide) groups is 1. The van der Waals surface area contributed by atoms with Gasteiger partial charge in [-0.25, -0.2) is 4.79 Å². The Balaban J connectivity index is 2.25. The molecule has 0 bridgehead atoms. The van der Waals surface area contributed by atoms with Crippen molar-refractivity contribution in [1.82, 2.24) is 4.90 Å². The minimum atomic E-state index is -0.923. The summed E-state index contributed by atoms with van der Waals surface area (Å²) in [5.41, 5.74) is 0. The largest absolute Gasteiger partial charge is 0.467 e. The first kappa shape index (κ1) is 15.3. The second kappa shape index (κ2) is 6.11. The van der Waals surface area contributed by atoms with Gasteiger partial charge in [-0.3, -0.25) is 14.5 Å². The van der Waals surface area contributed by atoms with E-state index in [-0.39, 0.29) is 0 Å². The maximum absolute atomic E-state index is 12.2. The molecule has 2 rings (SSSR count). The first-order valence-electron chi connectivity index (χ1n) is 5.53. The van der Waals surface area contributed by atoms with Crippen LogP contribution in [-0.2, 0) is 14.3 Å². The van der Waals surface area contributed by atoms with Gasteiger partial charge >= 0.3 is 5.97 Å². The van der Waals surface area contributed by atoms with E-state index >= 15 is 0 Å². The molecule has 1 aliphatic rings. The zero-order valence-electron chi connectivity index (χ0n) is 10.6. The van der Waals surface area contributed by atoms with Gasteiger partial charge in [-0.1, -0.05) is 0 Å². The number of ether oxygens (including phenoxy) is 1. The lowest BCUT2D eigenvalue weighted by Crippen LogP contribution is -2.42. The lowest BCUT2D eigenvalue weighted by molar-refractivity contribution is -0.148. The van der Waals surface area contributed by atoms with Crippen molar-refractivity contribution < 1.29 is 19.1 Å². The molecule has 20 heavy (non-hydrogen) atoms. The van der Waals surface area contributed by atoms with Gasteiger partial charge in [0.15, 0.2) is 0 Å². The van der Waals surface area contributed by atoms with Crippen LogP contribution in [0.15, 0.2) is 20.8 Å². The number of carbonyl (C=O) groups excluding carboxylic acids is 3. The third kappa shape index (κ3) is 2.97. The molecule has 0 aliphatic carbocycles. The predicted octanol–water partition coefficient (Wildman–Crippen LogP) is 3.11. The fourth-order valence-corrected chi connectivity index (χ4v) is 3.97. The van der Waals surface area contributed by atoms with Crippen LogP contribution in [0, 0.1) is 0 Å². The fourth-order valence-electron chi connectivity index (χ4n) is 1.62. The van der Waals surface area contributed by atoms with E-state index in [0.29, 0.717) is 4.91 Å². The van der Waals surface area contributed by atoms with Crippen molar-refractivity contribution in [2.45, 2.75) is 13.0 Å². The standard InChI is InChI=1S/C12H10BrNO4S2/c1-6(11(16)18-2)14-10(15)9(20-12(14)17)4-8-3-7(13)5-19-8/h3-6H,1-2H3/b9-4+/t6-/m1/s1. The Morgan fingerprint density at radius 2 is 2.20 bits per heavy atom. The molecule has 1 aromatic rings. The molecule has 0 unspecified atom stereocenters. The maximum Gasteiger partial charge on any atom is 0.328 e. The summed E-state index contributed by atoms with van der Waals surface area (Å²) >= 11 is 5.60. The van der Waals surface area contributed by atoms with Crippen LogP contribution >= 0.6 is 39.0 Å². The summed E-state index contributed by atoms with van der Waals surface area (Å²) in [6.07, 6.45) is 1.64. The fraction of sp³-hybridized carbons (Fsp3) is 0.250. The number of nitrogens with zero attached hydrogens (tertiary/aromatic N) is 1. The van der Waals surface area contributed by atoms with Crippen molar-refractivity contribution in [3.05, 3.63) is 25.7 Å². The van der Waals surface area contributed by atoms with Gasteiger partial charge < -0.3 is 4.74 Å². The Morgan fingerprint density at radius 3 is 2.75 bits per heavy atom. The van der Waals surface area contributed by atoms with E-state index in [1.165, 1.54) is 25.4 Å². The van der Waals surface area contributed by atoms with E-state index < -0.39 is 23.2 Å². The van der Waals surface area contributed by atoms with Gasteiger partial charge in [-0.15, -0.1) is 11.3 Å². The van der Waals surface area contributed by atoms with E-state index in [2.05, 4.69) is 20.7 Å². The van der Waals surface area contributed by atoms with Gasteiger partial charge in [-0.2, -0.15) is 0 Å². The Labute approximate surface area is 132 Å². The van der Waals surface area contributed by atoms with Crippen LogP contribution in [0.4, 0.5) is 4.79 Å². The average Bonchev–Trinajstić information content (AvgIpc) is 2.93. The average molecular weight is 376 g/mol. The van der Waals surface area contributed by atoms with Crippen molar-refractivity contribution in [3.63, 3.8) is 0 Å². The van der Waals surface area contributed by atoms with Gasteiger partial charge in [0.2, 0.25) is 0 Å². The summed E-state index contributed by atoms with van der Waals surface area (Å²) in [5, 5.41) is 1.42. The zero-order chi connectivity index (χ0) is 14.9. The molecule has 1 aromatic heterocycles. The first-order valence-corrected chi connectivity index (χ1v) is 8.02. The van der Waals surface area contributed by atoms with Crippen LogP contribution in [0.25, 0.3) is 6.08 Å². The third-order valence-electron chi connectivity index (χ3n) is 2.61. The molecular formula is C12H10BrNO4S2. The van der Waals surface area contributed by atoms with Crippen molar-refractivity contribution in [1.29, 1.82) is 0 Å². The molecule has 1 saturated heterocycles. The Kier molecular flexibility index (Phi) is 4.66. The predicted molar refractivity (Wildman–Crippen MR) is 81.3 cm³/mol. The maximum atomic E-state index is 12.2. The lowest BCUT2D eigenvalue weighted by atomic mass is 10.3. The van der Waals surface area contributed by atoms with Gasteiger partial charge in [-0.05, 0) is 46.8 Å². The van der Waals surface area contributed by atoms with Crippen molar-refractivity contribution >= 4 is 62.2 Å². The molecule has 0 aromatic carbocycles. The van der Waals surface area contributed by atoms with Crippen LogP contribution in [0.5, 0.6) is 0 Å². The van der Waals surface area contributed by atoms with E-state index in [1.54, 1.807) is 6.08 Å². The summed E-state index contributed by atoms with van der Waals surface area (Å²) in [6.45, 7) is 1.47. The number of thiophene rings is 1. The molecule has 1 atom stereocenters. The number of imide groups is 1. The van der Waals surface area contributed by atoms with E-state index in [9.17, 15) is 14.4 Å². The number of halogens is 1.